The van der Waals surface area contributed by atoms with E-state index in [0.717, 1.165) is 29.4 Å². The van der Waals surface area contributed by atoms with Crippen molar-refractivity contribution in [3.8, 4) is 17.2 Å². The van der Waals surface area contributed by atoms with Gasteiger partial charge in [0, 0.05) is 48.2 Å². The second-order valence-electron chi connectivity index (χ2n) is 11.7. The first-order chi connectivity index (χ1) is 20.0. The molecule has 41 heavy (non-hydrogen) atoms. The molecule has 1 atom stereocenters. The van der Waals surface area contributed by atoms with E-state index in [1.165, 1.54) is 12.1 Å². The molecule has 0 radical (unpaired) electrons. The van der Waals surface area contributed by atoms with Gasteiger partial charge >= 0.3 is 0 Å². The number of nitrogens with one attached hydrogen (secondary N) is 2. The molecule has 1 fully saturated rings. The summed E-state index contributed by atoms with van der Waals surface area (Å²) in [5.41, 5.74) is 4.85. The highest BCUT2D eigenvalue weighted by Crippen LogP contribution is 2.39. The third-order valence-corrected chi connectivity index (χ3v) is 6.99. The second-order valence-corrected chi connectivity index (χ2v) is 11.7. The van der Waals surface area contributed by atoms with Gasteiger partial charge < -0.3 is 10.6 Å². The first-order valence-corrected chi connectivity index (χ1v) is 13.6. The zero-order chi connectivity index (χ0) is 29.6. The molecule has 3 heterocycles. The predicted octanol–water partition coefficient (Wildman–Crippen LogP) is 6.23. The number of benzene rings is 2. The zero-order valence-corrected chi connectivity index (χ0v) is 23.5. The summed E-state index contributed by atoms with van der Waals surface area (Å²) in [4.78, 5) is 4.69. The van der Waals surface area contributed by atoms with Crippen LogP contribution >= 0.6 is 0 Å². The van der Waals surface area contributed by atoms with Gasteiger partial charge in [-0.3, -0.25) is 9.67 Å². The number of hydrogen-bond donors (Lipinski definition) is 2. The van der Waals surface area contributed by atoms with Crippen LogP contribution in [0.25, 0.3) is 22.0 Å². The Balaban J connectivity index is 1.55. The summed E-state index contributed by atoms with van der Waals surface area (Å²) in [7, 11) is 1.85. The fourth-order valence-corrected chi connectivity index (χ4v) is 4.74. The van der Waals surface area contributed by atoms with Gasteiger partial charge in [0.15, 0.2) is 0 Å². The predicted molar refractivity (Wildman–Crippen MR) is 157 cm³/mol. The lowest BCUT2D eigenvalue weighted by molar-refractivity contribution is 0.443. The van der Waals surface area contributed by atoms with Crippen molar-refractivity contribution in [2.24, 2.45) is 12.5 Å². The highest BCUT2D eigenvalue weighted by molar-refractivity contribution is 6.04. The van der Waals surface area contributed by atoms with Crippen LogP contribution in [0, 0.1) is 22.6 Å². The molecular formula is C31H32FN9. The van der Waals surface area contributed by atoms with E-state index in [0.29, 0.717) is 40.3 Å². The van der Waals surface area contributed by atoms with Gasteiger partial charge in [0.05, 0.1) is 42.6 Å². The molecule has 0 bridgehead atoms. The molecule has 2 N–H and O–H groups in total. The summed E-state index contributed by atoms with van der Waals surface area (Å²) in [6.45, 7) is 6.99. The van der Waals surface area contributed by atoms with E-state index in [1.54, 1.807) is 40.1 Å². The quantitative estimate of drug-likeness (QED) is 0.236. The Bertz CT molecular complexity index is 1810. The van der Waals surface area contributed by atoms with Crippen LogP contribution in [0.2, 0.25) is 0 Å². The fraction of sp³-hybridized carbons (Fsp3) is 0.323. The van der Waals surface area contributed by atoms with Crippen LogP contribution in [0.3, 0.4) is 0 Å². The molecule has 2 aromatic carbocycles. The second kappa shape index (κ2) is 10.3. The monoisotopic (exact) mass is 550 g/mol. The Hall–Kier alpha value is -4.78. The van der Waals surface area contributed by atoms with Gasteiger partial charge in [-0.2, -0.15) is 10.4 Å². The minimum Gasteiger partial charge on any atom is -0.383 e. The van der Waals surface area contributed by atoms with Gasteiger partial charge in [-0.15, -0.1) is 5.10 Å². The van der Waals surface area contributed by atoms with Gasteiger partial charge in [0.2, 0.25) is 0 Å². The van der Waals surface area contributed by atoms with Gasteiger partial charge in [0.1, 0.15) is 17.6 Å². The van der Waals surface area contributed by atoms with Gasteiger partial charge in [-0.05, 0) is 48.1 Å². The standard InChI is InChI=1S/C31H32FN9/c1-31(2,3)18-35-28-20(13-33)14-34-30-25(21-15-36-40(4)16-21)11-23(12-26(28)30)37-29(19-5-7-22(32)8-6-19)27-17-41(39-38-27)24-9-10-24/h5-8,11-12,14-17,24,29,37H,9-10,18H2,1-4H3,(H,34,35)/i29D. The first kappa shape index (κ1) is 25.2. The van der Waals surface area contributed by atoms with Crippen molar-refractivity contribution in [3.05, 3.63) is 83.8 Å². The van der Waals surface area contributed by atoms with Crippen molar-refractivity contribution in [2.75, 3.05) is 17.2 Å². The molecule has 0 aliphatic heterocycles. The average Bonchev–Trinajstić information content (AvgIpc) is 3.51. The number of pyridine rings is 1. The largest absolute Gasteiger partial charge is 0.383 e. The van der Waals surface area contributed by atoms with Crippen LogP contribution in [-0.2, 0) is 7.05 Å². The Morgan fingerprint density at radius 1 is 1.17 bits per heavy atom. The lowest BCUT2D eigenvalue weighted by Gasteiger charge is -2.23. The third kappa shape index (κ3) is 5.61. The van der Waals surface area contributed by atoms with E-state index < -0.39 is 11.8 Å². The summed E-state index contributed by atoms with van der Waals surface area (Å²) < 4.78 is 27.2. The van der Waals surface area contributed by atoms with Gasteiger partial charge in [-0.25, -0.2) is 9.07 Å². The fourth-order valence-electron chi connectivity index (χ4n) is 4.74. The molecule has 6 rings (SSSR count). The zero-order valence-electron chi connectivity index (χ0n) is 24.5. The molecule has 10 heteroatoms. The van der Waals surface area contributed by atoms with E-state index in [2.05, 4.69) is 52.9 Å². The Kier molecular flexibility index (Phi) is 6.34. The summed E-state index contributed by atoms with van der Waals surface area (Å²) in [5.74, 6) is -0.392. The Morgan fingerprint density at radius 3 is 2.61 bits per heavy atom. The number of rotatable bonds is 8. The van der Waals surface area contributed by atoms with Crippen LogP contribution < -0.4 is 10.6 Å². The van der Waals surface area contributed by atoms with Crippen molar-refractivity contribution in [2.45, 2.75) is 45.7 Å². The van der Waals surface area contributed by atoms with E-state index in [1.807, 2.05) is 25.4 Å². The summed E-state index contributed by atoms with van der Waals surface area (Å²) in [5, 5.41) is 30.6. The molecule has 1 unspecified atom stereocenters. The lowest BCUT2D eigenvalue weighted by atomic mass is 9.95. The highest BCUT2D eigenvalue weighted by atomic mass is 19.1. The summed E-state index contributed by atoms with van der Waals surface area (Å²) >= 11 is 0. The molecule has 3 aromatic heterocycles. The SMILES string of the molecule is [2H]C(Nc1cc(-c2cnn(C)c2)c2ncc(C#N)c(NCC(C)(C)C)c2c1)(c1ccc(F)cc1)c1cn(C2CC2)nn1. The van der Waals surface area contributed by atoms with E-state index in [-0.39, 0.29) is 11.5 Å². The number of aryl methyl sites for hydroxylation is 1. The van der Waals surface area contributed by atoms with Crippen LogP contribution in [0.1, 0.15) is 63.9 Å². The maximum atomic E-state index is 13.9. The van der Waals surface area contributed by atoms with Crippen molar-refractivity contribution >= 4 is 22.3 Å². The maximum Gasteiger partial charge on any atom is 0.123 e. The molecule has 0 amide bonds. The van der Waals surface area contributed by atoms with Crippen LogP contribution in [0.5, 0.6) is 0 Å². The summed E-state index contributed by atoms with van der Waals surface area (Å²) in [6.07, 6.45) is 9.08. The third-order valence-electron chi connectivity index (χ3n) is 6.99. The lowest BCUT2D eigenvalue weighted by Crippen LogP contribution is -2.20. The number of hydrogen-bond acceptors (Lipinski definition) is 7. The Morgan fingerprint density at radius 2 is 1.95 bits per heavy atom. The first-order valence-electron chi connectivity index (χ1n) is 14.1. The number of halogens is 1. The van der Waals surface area contributed by atoms with Crippen LogP contribution in [0.15, 0.2) is 61.2 Å². The number of fused-ring (bicyclic) bond motifs is 1. The van der Waals surface area contributed by atoms with Crippen molar-refractivity contribution in [3.63, 3.8) is 0 Å². The van der Waals surface area contributed by atoms with Gasteiger partial charge in [-0.1, -0.05) is 38.1 Å². The molecule has 5 aromatic rings. The normalized spacial score (nSPS) is 15.3. The van der Waals surface area contributed by atoms with Crippen LogP contribution in [-0.4, -0.2) is 36.3 Å². The Labute approximate surface area is 239 Å². The minimum atomic E-state index is -1.60. The van der Waals surface area contributed by atoms with Crippen molar-refractivity contribution < 1.29 is 5.76 Å². The molecule has 1 aliphatic carbocycles. The molecule has 208 valence electrons. The molecule has 0 spiro atoms. The van der Waals surface area contributed by atoms with Crippen molar-refractivity contribution in [1.29, 1.82) is 5.26 Å². The highest BCUT2D eigenvalue weighted by Gasteiger charge is 2.27. The molecule has 1 aliphatic rings. The molecule has 9 nitrogen and oxygen atoms in total. The van der Waals surface area contributed by atoms with E-state index >= 15 is 0 Å². The number of nitriles is 1. The summed E-state index contributed by atoms with van der Waals surface area (Å²) in [6, 6.07) is 10.6. The molecule has 1 saturated carbocycles. The smallest absolute Gasteiger partial charge is 0.123 e. The van der Waals surface area contributed by atoms with Crippen LogP contribution in [0.4, 0.5) is 15.8 Å². The maximum absolute atomic E-state index is 13.9. The van der Waals surface area contributed by atoms with E-state index in [9.17, 15) is 11.0 Å². The van der Waals surface area contributed by atoms with Crippen molar-refractivity contribution in [1.82, 2.24) is 29.8 Å². The molecular weight excluding hydrogens is 517 g/mol. The van der Waals surface area contributed by atoms with E-state index in [4.69, 9.17) is 4.98 Å². The van der Waals surface area contributed by atoms with Gasteiger partial charge in [0.25, 0.3) is 0 Å². The topological polar surface area (TPSA) is 109 Å². The minimum absolute atomic E-state index is 0.0450. The molecule has 0 saturated heterocycles. The number of aromatic nitrogens is 6. The number of nitrogens with zero attached hydrogens (tertiary/aromatic N) is 7. The average molecular weight is 551 g/mol. The number of anilines is 2.